The first kappa shape index (κ1) is 19.0. The van der Waals surface area contributed by atoms with Crippen molar-refractivity contribution in [2.75, 3.05) is 13.6 Å². The number of hydrogen-bond donors (Lipinski definition) is 1. The van der Waals surface area contributed by atoms with Gasteiger partial charge in [0, 0.05) is 25.5 Å². The number of carbonyl (C=O) groups is 2. The third-order valence-electron chi connectivity index (χ3n) is 6.27. The molecular weight excluding hydrogens is 387 g/mol. The van der Waals surface area contributed by atoms with Crippen molar-refractivity contribution in [2.45, 2.75) is 31.7 Å². The van der Waals surface area contributed by atoms with E-state index in [4.69, 9.17) is 4.74 Å². The summed E-state index contributed by atoms with van der Waals surface area (Å²) in [6, 6.07) is 6.11. The molecule has 2 unspecified atom stereocenters. The van der Waals surface area contributed by atoms with Crippen LogP contribution in [0.5, 0.6) is 0 Å². The quantitative estimate of drug-likeness (QED) is 0.763. The molecule has 0 radical (unpaired) electrons. The van der Waals surface area contributed by atoms with Gasteiger partial charge in [-0.15, -0.1) is 0 Å². The number of rotatable bonds is 5. The van der Waals surface area contributed by atoms with Gasteiger partial charge in [0.15, 0.2) is 0 Å². The van der Waals surface area contributed by atoms with Crippen molar-refractivity contribution in [3.63, 3.8) is 0 Å². The molecule has 0 saturated carbocycles. The Hall–Kier alpha value is -3.00. The molecule has 8 heteroatoms. The summed E-state index contributed by atoms with van der Waals surface area (Å²) in [5.74, 6) is -0.919. The SMILES string of the molecule is Cc1cnc(CN(C)C(=O)C2C3C(=O)N(Cc4ccc(F)cc4)C[C@]34C=C[C@H]2O4)[nH]1. The zero-order valence-corrected chi connectivity index (χ0v) is 16.8. The molecule has 2 fully saturated rings. The summed E-state index contributed by atoms with van der Waals surface area (Å²) in [4.78, 5) is 37.3. The molecule has 2 bridgehead atoms. The van der Waals surface area contributed by atoms with Crippen molar-refractivity contribution >= 4 is 11.8 Å². The number of likely N-dealkylation sites (tertiary alicyclic amines) is 1. The van der Waals surface area contributed by atoms with Crippen LogP contribution in [0.1, 0.15) is 17.1 Å². The fourth-order valence-corrected chi connectivity index (χ4v) is 4.91. The molecule has 0 aliphatic carbocycles. The molecule has 156 valence electrons. The maximum atomic E-state index is 13.3. The molecule has 7 nitrogen and oxygen atoms in total. The summed E-state index contributed by atoms with van der Waals surface area (Å²) in [5.41, 5.74) is 1.01. The zero-order chi connectivity index (χ0) is 21.0. The Morgan fingerprint density at radius 1 is 1.40 bits per heavy atom. The van der Waals surface area contributed by atoms with Gasteiger partial charge in [-0.3, -0.25) is 9.59 Å². The molecule has 30 heavy (non-hydrogen) atoms. The van der Waals surface area contributed by atoms with Crippen LogP contribution in [0.25, 0.3) is 0 Å². The number of aryl methyl sites for hydroxylation is 1. The minimum absolute atomic E-state index is 0.0910. The highest BCUT2D eigenvalue weighted by molar-refractivity contribution is 5.93. The zero-order valence-electron chi connectivity index (χ0n) is 16.8. The number of fused-ring (bicyclic) bond motifs is 1. The van der Waals surface area contributed by atoms with Gasteiger partial charge in [0.1, 0.15) is 17.2 Å². The highest BCUT2D eigenvalue weighted by Crippen LogP contribution is 2.52. The summed E-state index contributed by atoms with van der Waals surface area (Å²) in [5, 5.41) is 0. The molecule has 2 saturated heterocycles. The molecule has 1 N–H and O–H groups in total. The minimum atomic E-state index is -0.760. The first-order valence-electron chi connectivity index (χ1n) is 10.0. The Morgan fingerprint density at radius 3 is 2.87 bits per heavy atom. The Balaban J connectivity index is 1.35. The average molecular weight is 410 g/mol. The van der Waals surface area contributed by atoms with E-state index < -0.39 is 17.4 Å². The third-order valence-corrected chi connectivity index (χ3v) is 6.27. The van der Waals surface area contributed by atoms with Crippen molar-refractivity contribution in [3.8, 4) is 0 Å². The number of hydrogen-bond acceptors (Lipinski definition) is 4. The lowest BCUT2D eigenvalue weighted by molar-refractivity contribution is -0.143. The molecule has 4 heterocycles. The van der Waals surface area contributed by atoms with Crippen LogP contribution in [0, 0.1) is 24.6 Å². The van der Waals surface area contributed by atoms with E-state index in [-0.39, 0.29) is 23.7 Å². The molecule has 1 spiro atoms. The first-order chi connectivity index (χ1) is 14.4. The fourth-order valence-electron chi connectivity index (χ4n) is 4.91. The second kappa shape index (κ2) is 6.77. The molecular formula is C22H23FN4O3. The van der Waals surface area contributed by atoms with Gasteiger partial charge in [0.25, 0.3) is 0 Å². The molecule has 1 aromatic heterocycles. The largest absolute Gasteiger partial charge is 0.360 e. The number of amides is 2. The number of aromatic amines is 1. The molecule has 2 amide bonds. The number of imidazole rings is 1. The van der Waals surface area contributed by atoms with Crippen LogP contribution in [0.3, 0.4) is 0 Å². The standard InChI is InChI=1S/C22H23FN4O3/c1-13-9-24-17(25-13)11-26(2)20(28)18-16-7-8-22(30-16)12-27(21(29)19(18)22)10-14-3-5-15(23)6-4-14/h3-9,16,18-19H,10-12H2,1-2H3,(H,24,25)/t16-,18?,19?,22-/m1/s1. The van der Waals surface area contributed by atoms with Crippen LogP contribution in [0.2, 0.25) is 0 Å². The number of carbonyl (C=O) groups excluding carboxylic acids is 2. The van der Waals surface area contributed by atoms with E-state index in [1.54, 1.807) is 35.2 Å². The van der Waals surface area contributed by atoms with Crippen LogP contribution in [-0.4, -0.2) is 56.9 Å². The Kier molecular flexibility index (Phi) is 4.28. The van der Waals surface area contributed by atoms with Crippen LogP contribution in [0.4, 0.5) is 4.39 Å². The summed E-state index contributed by atoms with van der Waals surface area (Å²) >= 11 is 0. The van der Waals surface area contributed by atoms with Crippen molar-refractivity contribution in [2.24, 2.45) is 11.8 Å². The van der Waals surface area contributed by atoms with Gasteiger partial charge in [-0.25, -0.2) is 9.37 Å². The third kappa shape index (κ3) is 2.94. The number of benzene rings is 1. The van der Waals surface area contributed by atoms with Crippen LogP contribution < -0.4 is 0 Å². The van der Waals surface area contributed by atoms with Crippen molar-refractivity contribution in [1.29, 1.82) is 0 Å². The van der Waals surface area contributed by atoms with Crippen molar-refractivity contribution in [3.05, 3.63) is 65.5 Å². The number of H-pyrrole nitrogens is 1. The van der Waals surface area contributed by atoms with E-state index in [0.29, 0.717) is 25.5 Å². The van der Waals surface area contributed by atoms with Gasteiger partial charge in [-0.1, -0.05) is 24.3 Å². The van der Waals surface area contributed by atoms with Crippen molar-refractivity contribution < 1.29 is 18.7 Å². The van der Waals surface area contributed by atoms with Crippen molar-refractivity contribution in [1.82, 2.24) is 19.8 Å². The number of halogens is 1. The van der Waals surface area contributed by atoms with Gasteiger partial charge in [-0.2, -0.15) is 0 Å². The van der Waals surface area contributed by atoms with E-state index in [0.717, 1.165) is 11.3 Å². The highest BCUT2D eigenvalue weighted by Gasteiger charge is 2.67. The molecule has 3 aliphatic rings. The number of nitrogens with zero attached hydrogens (tertiary/aromatic N) is 3. The molecule has 4 atom stereocenters. The first-order valence-corrected chi connectivity index (χ1v) is 10.0. The van der Waals surface area contributed by atoms with E-state index in [2.05, 4.69) is 9.97 Å². The van der Waals surface area contributed by atoms with Crippen LogP contribution in [-0.2, 0) is 27.4 Å². The minimum Gasteiger partial charge on any atom is -0.360 e. The lowest BCUT2D eigenvalue weighted by Crippen LogP contribution is -2.44. The smallest absolute Gasteiger partial charge is 0.230 e. The van der Waals surface area contributed by atoms with E-state index in [1.165, 1.54) is 12.1 Å². The number of aromatic nitrogens is 2. The van der Waals surface area contributed by atoms with Crippen LogP contribution >= 0.6 is 0 Å². The molecule has 3 aliphatic heterocycles. The Bertz CT molecular complexity index is 1030. The second-order valence-corrected chi connectivity index (χ2v) is 8.43. The predicted molar refractivity (Wildman–Crippen MR) is 105 cm³/mol. The van der Waals surface area contributed by atoms with Crippen LogP contribution in [0.15, 0.2) is 42.6 Å². The van der Waals surface area contributed by atoms with Gasteiger partial charge in [0.05, 0.1) is 31.0 Å². The lowest BCUT2D eigenvalue weighted by Gasteiger charge is -2.27. The average Bonchev–Trinajstić information content (AvgIpc) is 3.45. The summed E-state index contributed by atoms with van der Waals surface area (Å²) < 4.78 is 19.4. The van der Waals surface area contributed by atoms with E-state index >= 15 is 0 Å². The normalized spacial score (nSPS) is 29.0. The van der Waals surface area contributed by atoms with Gasteiger partial charge < -0.3 is 19.5 Å². The summed E-state index contributed by atoms with van der Waals surface area (Å²) in [6.07, 6.45) is 5.17. The number of ether oxygens (including phenoxy) is 1. The molecule has 1 aromatic carbocycles. The summed E-state index contributed by atoms with van der Waals surface area (Å²) in [7, 11) is 1.72. The molecule has 5 rings (SSSR count). The van der Waals surface area contributed by atoms with E-state index in [9.17, 15) is 14.0 Å². The van der Waals surface area contributed by atoms with Gasteiger partial charge >= 0.3 is 0 Å². The van der Waals surface area contributed by atoms with E-state index in [1.807, 2.05) is 19.1 Å². The monoisotopic (exact) mass is 410 g/mol. The predicted octanol–water partition coefficient (Wildman–Crippen LogP) is 1.80. The summed E-state index contributed by atoms with van der Waals surface area (Å²) in [6.45, 7) is 3.00. The highest BCUT2D eigenvalue weighted by atomic mass is 19.1. The lowest BCUT2D eigenvalue weighted by atomic mass is 9.76. The van der Waals surface area contributed by atoms with Gasteiger partial charge in [-0.05, 0) is 24.6 Å². The fraction of sp³-hybridized carbons (Fsp3) is 0.409. The Morgan fingerprint density at radius 2 is 2.17 bits per heavy atom. The molecule has 2 aromatic rings. The maximum Gasteiger partial charge on any atom is 0.230 e. The second-order valence-electron chi connectivity index (χ2n) is 8.43. The topological polar surface area (TPSA) is 78.5 Å². The van der Waals surface area contributed by atoms with Gasteiger partial charge in [0.2, 0.25) is 11.8 Å². The number of nitrogens with one attached hydrogen (secondary N) is 1. The maximum absolute atomic E-state index is 13.3. The Labute approximate surface area is 173 Å².